The van der Waals surface area contributed by atoms with E-state index >= 15 is 0 Å². The zero-order chi connectivity index (χ0) is 14.7. The lowest BCUT2D eigenvalue weighted by atomic mass is 10.2. The zero-order valence-electron chi connectivity index (χ0n) is 11.6. The normalized spacial score (nSPS) is 16.1. The molecule has 0 unspecified atom stereocenters. The van der Waals surface area contributed by atoms with E-state index in [-0.39, 0.29) is 17.4 Å². The number of rotatable bonds is 3. The van der Waals surface area contributed by atoms with Gasteiger partial charge >= 0.3 is 0 Å². The first-order chi connectivity index (χ1) is 10.2. The molecule has 2 aromatic rings. The summed E-state index contributed by atoms with van der Waals surface area (Å²) in [6, 6.07) is 4.21. The van der Waals surface area contributed by atoms with E-state index in [2.05, 4.69) is 32.4 Å². The molecule has 3 rings (SSSR count). The molecule has 21 heavy (non-hydrogen) atoms. The van der Waals surface area contributed by atoms with E-state index in [9.17, 15) is 4.79 Å². The first kappa shape index (κ1) is 14.0. The monoisotopic (exact) mass is 303 g/mol. The molecule has 0 spiro atoms. The number of hydrogen-bond donors (Lipinski definition) is 1. The molecular formula is C14H17N5OS. The SMILES string of the molecule is Nc1nccnc1C(=O)N1CCN(Cc2cccs2)CC1. The third-order valence-electron chi connectivity index (χ3n) is 3.55. The van der Waals surface area contributed by atoms with E-state index < -0.39 is 0 Å². The van der Waals surface area contributed by atoms with Crippen LogP contribution < -0.4 is 5.73 Å². The molecule has 0 aromatic carbocycles. The van der Waals surface area contributed by atoms with E-state index in [4.69, 9.17) is 5.73 Å². The van der Waals surface area contributed by atoms with Crippen molar-refractivity contribution in [2.75, 3.05) is 31.9 Å². The molecule has 0 saturated carbocycles. The lowest BCUT2D eigenvalue weighted by molar-refractivity contribution is 0.0624. The molecule has 0 radical (unpaired) electrons. The summed E-state index contributed by atoms with van der Waals surface area (Å²) in [5, 5.41) is 2.09. The van der Waals surface area contributed by atoms with Gasteiger partial charge in [-0.25, -0.2) is 9.97 Å². The van der Waals surface area contributed by atoms with Gasteiger partial charge in [-0.05, 0) is 11.4 Å². The predicted molar refractivity (Wildman–Crippen MR) is 81.9 cm³/mol. The number of thiophene rings is 1. The number of nitrogen functional groups attached to an aromatic ring is 1. The molecule has 110 valence electrons. The van der Waals surface area contributed by atoms with Crippen LogP contribution in [0, 0.1) is 0 Å². The van der Waals surface area contributed by atoms with Crippen molar-refractivity contribution in [3.05, 3.63) is 40.5 Å². The van der Waals surface area contributed by atoms with Gasteiger partial charge in [0.25, 0.3) is 5.91 Å². The molecule has 1 fully saturated rings. The van der Waals surface area contributed by atoms with E-state index in [1.54, 1.807) is 16.2 Å². The minimum Gasteiger partial charge on any atom is -0.382 e. The first-order valence-electron chi connectivity index (χ1n) is 6.84. The summed E-state index contributed by atoms with van der Waals surface area (Å²) in [6.07, 6.45) is 2.99. The van der Waals surface area contributed by atoms with Crippen LogP contribution in [0.4, 0.5) is 5.82 Å². The maximum Gasteiger partial charge on any atom is 0.276 e. The van der Waals surface area contributed by atoms with Crippen molar-refractivity contribution >= 4 is 23.1 Å². The fourth-order valence-electron chi connectivity index (χ4n) is 2.40. The molecule has 0 atom stereocenters. The van der Waals surface area contributed by atoms with Gasteiger partial charge in [0.05, 0.1) is 0 Å². The number of anilines is 1. The summed E-state index contributed by atoms with van der Waals surface area (Å²) in [5.41, 5.74) is 5.97. The van der Waals surface area contributed by atoms with Crippen molar-refractivity contribution in [2.24, 2.45) is 0 Å². The quantitative estimate of drug-likeness (QED) is 0.918. The molecule has 1 amide bonds. The van der Waals surface area contributed by atoms with Crippen LogP contribution in [0.15, 0.2) is 29.9 Å². The second-order valence-electron chi connectivity index (χ2n) is 4.94. The second-order valence-corrected chi connectivity index (χ2v) is 5.97. The van der Waals surface area contributed by atoms with E-state index in [0.29, 0.717) is 13.1 Å². The van der Waals surface area contributed by atoms with Crippen LogP contribution in [0.2, 0.25) is 0 Å². The lowest BCUT2D eigenvalue weighted by Crippen LogP contribution is -2.48. The Bertz CT molecular complexity index is 608. The molecule has 1 aliphatic rings. The minimum absolute atomic E-state index is 0.128. The van der Waals surface area contributed by atoms with Gasteiger partial charge in [0, 0.05) is 50.0 Å². The molecular weight excluding hydrogens is 286 g/mol. The Kier molecular flexibility index (Phi) is 4.12. The number of piperazine rings is 1. The van der Waals surface area contributed by atoms with Gasteiger partial charge in [0.2, 0.25) is 0 Å². The number of hydrogen-bond acceptors (Lipinski definition) is 6. The predicted octanol–water partition coefficient (Wildman–Crippen LogP) is 1.08. The Labute approximate surface area is 127 Å². The number of nitrogens with two attached hydrogens (primary N) is 1. The molecule has 0 bridgehead atoms. The van der Waals surface area contributed by atoms with Gasteiger partial charge in [-0.2, -0.15) is 0 Å². The summed E-state index contributed by atoms with van der Waals surface area (Å²) in [5.74, 6) is 0.0693. The molecule has 7 heteroatoms. The summed E-state index contributed by atoms with van der Waals surface area (Å²) in [6.45, 7) is 4.07. The smallest absolute Gasteiger partial charge is 0.276 e. The summed E-state index contributed by atoms with van der Waals surface area (Å²) in [4.78, 5) is 25.8. The highest BCUT2D eigenvalue weighted by molar-refractivity contribution is 7.09. The van der Waals surface area contributed by atoms with E-state index in [1.165, 1.54) is 17.3 Å². The number of amides is 1. The number of nitrogens with zero attached hydrogens (tertiary/aromatic N) is 4. The van der Waals surface area contributed by atoms with Crippen molar-refractivity contribution in [3.63, 3.8) is 0 Å². The van der Waals surface area contributed by atoms with Gasteiger partial charge < -0.3 is 10.6 Å². The van der Waals surface area contributed by atoms with Crippen LogP contribution in [0.3, 0.4) is 0 Å². The van der Waals surface area contributed by atoms with Gasteiger partial charge in [-0.1, -0.05) is 6.07 Å². The van der Waals surface area contributed by atoms with Gasteiger partial charge in [-0.3, -0.25) is 9.69 Å². The molecule has 2 N–H and O–H groups in total. The Hall–Kier alpha value is -1.99. The first-order valence-corrected chi connectivity index (χ1v) is 7.72. The fourth-order valence-corrected chi connectivity index (χ4v) is 3.14. The highest BCUT2D eigenvalue weighted by Gasteiger charge is 2.24. The Morgan fingerprint density at radius 3 is 2.67 bits per heavy atom. The van der Waals surface area contributed by atoms with Crippen LogP contribution in [0.5, 0.6) is 0 Å². The highest BCUT2D eigenvalue weighted by Crippen LogP contribution is 2.15. The van der Waals surface area contributed by atoms with Gasteiger partial charge in [0.1, 0.15) is 0 Å². The number of aromatic nitrogens is 2. The second kappa shape index (κ2) is 6.19. The van der Waals surface area contributed by atoms with Crippen molar-refractivity contribution in [2.45, 2.75) is 6.54 Å². The Morgan fingerprint density at radius 2 is 2.00 bits per heavy atom. The average Bonchev–Trinajstić information content (AvgIpc) is 3.01. The fraction of sp³-hybridized carbons (Fsp3) is 0.357. The van der Waals surface area contributed by atoms with E-state index in [0.717, 1.165) is 19.6 Å². The van der Waals surface area contributed by atoms with E-state index in [1.807, 2.05) is 0 Å². The average molecular weight is 303 g/mol. The maximum absolute atomic E-state index is 12.4. The van der Waals surface area contributed by atoms with Crippen molar-refractivity contribution < 1.29 is 4.79 Å². The Morgan fingerprint density at radius 1 is 1.24 bits per heavy atom. The molecule has 1 saturated heterocycles. The van der Waals surface area contributed by atoms with Crippen molar-refractivity contribution in [1.29, 1.82) is 0 Å². The minimum atomic E-state index is -0.128. The number of carbonyl (C=O) groups is 1. The topological polar surface area (TPSA) is 75.3 Å². The third kappa shape index (κ3) is 3.20. The summed E-state index contributed by atoms with van der Waals surface area (Å²) in [7, 11) is 0. The zero-order valence-corrected chi connectivity index (χ0v) is 12.4. The van der Waals surface area contributed by atoms with Crippen molar-refractivity contribution in [1.82, 2.24) is 19.8 Å². The molecule has 3 heterocycles. The third-order valence-corrected chi connectivity index (χ3v) is 4.41. The molecule has 0 aliphatic carbocycles. The van der Waals surface area contributed by atoms with Crippen LogP contribution in [-0.2, 0) is 6.54 Å². The van der Waals surface area contributed by atoms with Crippen LogP contribution in [-0.4, -0.2) is 51.9 Å². The highest BCUT2D eigenvalue weighted by atomic mass is 32.1. The standard InChI is InChI=1S/C14H17N5OS/c15-13-12(16-3-4-17-13)14(20)19-7-5-18(6-8-19)10-11-2-1-9-21-11/h1-4,9H,5-8,10H2,(H2,15,17). The summed E-state index contributed by atoms with van der Waals surface area (Å²) >= 11 is 1.77. The Balaban J connectivity index is 1.58. The molecule has 1 aliphatic heterocycles. The molecule has 6 nitrogen and oxygen atoms in total. The number of carbonyl (C=O) groups excluding carboxylic acids is 1. The largest absolute Gasteiger partial charge is 0.382 e. The van der Waals surface area contributed by atoms with Crippen LogP contribution in [0.25, 0.3) is 0 Å². The summed E-state index contributed by atoms with van der Waals surface area (Å²) < 4.78 is 0. The maximum atomic E-state index is 12.4. The van der Waals surface area contributed by atoms with Gasteiger partial charge in [-0.15, -0.1) is 11.3 Å². The van der Waals surface area contributed by atoms with Gasteiger partial charge in [0.15, 0.2) is 11.5 Å². The molecule has 2 aromatic heterocycles. The van der Waals surface area contributed by atoms with Crippen LogP contribution in [0.1, 0.15) is 15.4 Å². The van der Waals surface area contributed by atoms with Crippen molar-refractivity contribution in [3.8, 4) is 0 Å². The lowest BCUT2D eigenvalue weighted by Gasteiger charge is -2.34. The van der Waals surface area contributed by atoms with Crippen LogP contribution >= 0.6 is 11.3 Å².